The molecule has 7 nitrogen and oxygen atoms in total. The van der Waals surface area contributed by atoms with Crippen LogP contribution in [0.2, 0.25) is 0 Å². The number of carbonyl (C=O) groups is 3. The summed E-state index contributed by atoms with van der Waals surface area (Å²) in [5, 5.41) is 0. The Balaban J connectivity index is 1.34. The molecule has 188 valence electrons. The number of unbranched alkanes of at least 4 members (excludes halogenated alkanes) is 2. The fourth-order valence-electron chi connectivity index (χ4n) is 3.85. The van der Waals surface area contributed by atoms with Gasteiger partial charge in [0, 0.05) is 38.2 Å². The molecule has 2 aromatic rings. The summed E-state index contributed by atoms with van der Waals surface area (Å²) < 4.78 is 24.7. The summed E-state index contributed by atoms with van der Waals surface area (Å²) in [5.74, 6) is -0.636. The zero-order chi connectivity index (χ0) is 25.0. The van der Waals surface area contributed by atoms with Crippen LogP contribution in [0.1, 0.15) is 49.4 Å². The van der Waals surface area contributed by atoms with E-state index in [9.17, 15) is 18.8 Å². The number of piperazine rings is 1. The van der Waals surface area contributed by atoms with Gasteiger partial charge in [-0.15, -0.1) is 0 Å². The Morgan fingerprint density at radius 1 is 0.914 bits per heavy atom. The first-order chi connectivity index (χ1) is 17.0. The van der Waals surface area contributed by atoms with Crippen molar-refractivity contribution in [3.63, 3.8) is 0 Å². The Labute approximate surface area is 205 Å². The molecule has 35 heavy (non-hydrogen) atoms. The summed E-state index contributed by atoms with van der Waals surface area (Å²) in [7, 11) is 0. The number of hydrogen-bond donors (Lipinski definition) is 0. The molecule has 1 saturated heterocycles. The van der Waals surface area contributed by atoms with E-state index < -0.39 is 5.97 Å². The number of carbonyl (C=O) groups excluding carboxylic acids is 3. The number of para-hydroxylation sites is 1. The molecule has 0 atom stereocenters. The number of amides is 1. The van der Waals surface area contributed by atoms with Crippen molar-refractivity contribution in [2.45, 2.75) is 39.0 Å². The van der Waals surface area contributed by atoms with Gasteiger partial charge >= 0.3 is 5.97 Å². The van der Waals surface area contributed by atoms with Crippen molar-refractivity contribution in [2.75, 3.05) is 44.3 Å². The maximum absolute atomic E-state index is 14.0. The number of benzene rings is 2. The lowest BCUT2D eigenvalue weighted by Gasteiger charge is -2.36. The number of esters is 1. The van der Waals surface area contributed by atoms with Crippen molar-refractivity contribution < 1.29 is 28.2 Å². The Kier molecular flexibility index (Phi) is 10.1. The van der Waals surface area contributed by atoms with Gasteiger partial charge in [-0.2, -0.15) is 0 Å². The molecule has 0 bridgehead atoms. The molecule has 0 saturated carbocycles. The van der Waals surface area contributed by atoms with E-state index in [-0.39, 0.29) is 37.0 Å². The highest BCUT2D eigenvalue weighted by atomic mass is 19.1. The Hall–Kier alpha value is -3.42. The number of anilines is 1. The zero-order valence-electron chi connectivity index (χ0n) is 20.2. The molecule has 0 unspecified atom stereocenters. The van der Waals surface area contributed by atoms with Crippen LogP contribution in [-0.2, 0) is 14.3 Å². The standard InChI is InChI=1S/C27H33FN2O5/c1-2-3-6-19-34-22-11-9-21(10-12-22)25(31)13-14-27(33)35-20-26(32)30-17-15-29(16-18-30)24-8-5-4-7-23(24)28/h4-5,7-12H,2-3,6,13-20H2,1H3. The molecular formula is C27H33FN2O5. The summed E-state index contributed by atoms with van der Waals surface area (Å²) in [6.45, 7) is 4.24. The van der Waals surface area contributed by atoms with Gasteiger partial charge in [0.2, 0.25) is 0 Å². The molecule has 3 rings (SSSR count). The third kappa shape index (κ3) is 8.09. The number of Topliss-reactive ketones (excluding diaryl/α,β-unsaturated/α-hetero) is 1. The average Bonchev–Trinajstić information content (AvgIpc) is 2.89. The smallest absolute Gasteiger partial charge is 0.306 e. The molecule has 8 heteroatoms. The topological polar surface area (TPSA) is 76.2 Å². The molecule has 0 N–H and O–H groups in total. The van der Waals surface area contributed by atoms with Crippen molar-refractivity contribution in [3.05, 3.63) is 59.9 Å². The second-order valence-electron chi connectivity index (χ2n) is 8.48. The predicted molar refractivity (Wildman–Crippen MR) is 131 cm³/mol. The van der Waals surface area contributed by atoms with Crippen molar-refractivity contribution >= 4 is 23.3 Å². The van der Waals surface area contributed by atoms with Gasteiger partial charge < -0.3 is 19.3 Å². The lowest BCUT2D eigenvalue weighted by Crippen LogP contribution is -2.50. The minimum atomic E-state index is -0.590. The van der Waals surface area contributed by atoms with Crippen LogP contribution in [0.25, 0.3) is 0 Å². The van der Waals surface area contributed by atoms with Crippen molar-refractivity contribution in [3.8, 4) is 5.75 Å². The highest BCUT2D eigenvalue weighted by Crippen LogP contribution is 2.20. The maximum Gasteiger partial charge on any atom is 0.306 e. The lowest BCUT2D eigenvalue weighted by molar-refractivity contribution is -0.152. The Bertz CT molecular complexity index is 987. The van der Waals surface area contributed by atoms with E-state index in [0.717, 1.165) is 19.3 Å². The highest BCUT2D eigenvalue weighted by molar-refractivity contribution is 5.97. The highest BCUT2D eigenvalue weighted by Gasteiger charge is 2.23. The molecule has 1 amide bonds. The van der Waals surface area contributed by atoms with Crippen LogP contribution >= 0.6 is 0 Å². The molecule has 1 fully saturated rings. The molecule has 1 heterocycles. The Morgan fingerprint density at radius 2 is 1.63 bits per heavy atom. The average molecular weight is 485 g/mol. The third-order valence-corrected chi connectivity index (χ3v) is 5.93. The SMILES string of the molecule is CCCCCOc1ccc(C(=O)CCC(=O)OCC(=O)N2CCN(c3ccccc3F)CC2)cc1. The van der Waals surface area contributed by atoms with Crippen LogP contribution in [0.15, 0.2) is 48.5 Å². The van der Waals surface area contributed by atoms with E-state index in [1.807, 2.05) is 4.90 Å². The van der Waals surface area contributed by atoms with E-state index in [1.54, 1.807) is 47.4 Å². The summed E-state index contributed by atoms with van der Waals surface area (Å²) in [5.41, 5.74) is 1.02. The van der Waals surface area contributed by atoms with E-state index >= 15 is 0 Å². The first-order valence-electron chi connectivity index (χ1n) is 12.2. The molecule has 0 aliphatic carbocycles. The summed E-state index contributed by atoms with van der Waals surface area (Å²) in [4.78, 5) is 40.3. The van der Waals surface area contributed by atoms with E-state index in [2.05, 4.69) is 6.92 Å². The molecule has 1 aliphatic heterocycles. The zero-order valence-corrected chi connectivity index (χ0v) is 20.2. The number of ketones is 1. The summed E-state index contributed by atoms with van der Waals surface area (Å²) in [6.07, 6.45) is 3.14. The summed E-state index contributed by atoms with van der Waals surface area (Å²) in [6, 6.07) is 13.4. The van der Waals surface area contributed by atoms with Gasteiger partial charge in [0.1, 0.15) is 11.6 Å². The van der Waals surface area contributed by atoms with Gasteiger partial charge in [-0.3, -0.25) is 14.4 Å². The third-order valence-electron chi connectivity index (χ3n) is 5.93. The normalized spacial score (nSPS) is 13.4. The predicted octanol–water partition coefficient (Wildman–Crippen LogP) is 4.25. The number of hydrogen-bond acceptors (Lipinski definition) is 6. The molecule has 0 spiro atoms. The second kappa shape index (κ2) is 13.5. The number of halogens is 1. The van der Waals surface area contributed by atoms with Gasteiger partial charge in [-0.25, -0.2) is 4.39 Å². The van der Waals surface area contributed by atoms with Crippen LogP contribution in [0.3, 0.4) is 0 Å². The first-order valence-corrected chi connectivity index (χ1v) is 12.2. The van der Waals surface area contributed by atoms with Gasteiger partial charge in [-0.05, 0) is 42.8 Å². The number of rotatable bonds is 12. The van der Waals surface area contributed by atoms with Crippen LogP contribution in [-0.4, -0.2) is 62.0 Å². The molecule has 0 aromatic heterocycles. The number of ether oxygens (including phenoxy) is 2. The van der Waals surface area contributed by atoms with Gasteiger partial charge in [0.15, 0.2) is 12.4 Å². The fourth-order valence-corrected chi connectivity index (χ4v) is 3.85. The lowest BCUT2D eigenvalue weighted by atomic mass is 10.1. The minimum Gasteiger partial charge on any atom is -0.494 e. The van der Waals surface area contributed by atoms with Crippen molar-refractivity contribution in [2.24, 2.45) is 0 Å². The van der Waals surface area contributed by atoms with Crippen LogP contribution in [0, 0.1) is 5.82 Å². The molecule has 0 radical (unpaired) electrons. The largest absolute Gasteiger partial charge is 0.494 e. The molecular weight excluding hydrogens is 451 g/mol. The van der Waals surface area contributed by atoms with E-state index in [1.165, 1.54) is 6.07 Å². The van der Waals surface area contributed by atoms with Gasteiger partial charge in [-0.1, -0.05) is 31.9 Å². The molecule has 1 aliphatic rings. The molecule has 2 aromatic carbocycles. The Morgan fingerprint density at radius 3 is 2.31 bits per heavy atom. The van der Waals surface area contributed by atoms with Gasteiger partial charge in [0.25, 0.3) is 5.91 Å². The quantitative estimate of drug-likeness (QED) is 0.255. The van der Waals surface area contributed by atoms with Crippen LogP contribution in [0.5, 0.6) is 5.75 Å². The number of nitrogens with zero attached hydrogens (tertiary/aromatic N) is 2. The van der Waals surface area contributed by atoms with Crippen LogP contribution in [0.4, 0.5) is 10.1 Å². The van der Waals surface area contributed by atoms with Gasteiger partial charge in [0.05, 0.1) is 18.7 Å². The van der Waals surface area contributed by atoms with E-state index in [0.29, 0.717) is 49.8 Å². The fraction of sp³-hybridized carbons (Fsp3) is 0.444. The van der Waals surface area contributed by atoms with E-state index in [4.69, 9.17) is 9.47 Å². The van der Waals surface area contributed by atoms with Crippen LogP contribution < -0.4 is 9.64 Å². The van der Waals surface area contributed by atoms with Crippen molar-refractivity contribution in [1.29, 1.82) is 0 Å². The first kappa shape index (κ1) is 26.2. The monoisotopic (exact) mass is 484 g/mol. The minimum absolute atomic E-state index is 0.00500. The summed E-state index contributed by atoms with van der Waals surface area (Å²) >= 11 is 0. The van der Waals surface area contributed by atoms with Crippen molar-refractivity contribution in [1.82, 2.24) is 4.90 Å². The second-order valence-corrected chi connectivity index (χ2v) is 8.48. The maximum atomic E-state index is 14.0.